The lowest BCUT2D eigenvalue weighted by Gasteiger charge is -2.70. The maximum atomic E-state index is 14.1. The summed E-state index contributed by atoms with van der Waals surface area (Å²) in [6.07, 6.45) is -1.87. The zero-order valence-electron chi connectivity index (χ0n) is 20.8. The molecule has 35 heavy (non-hydrogen) atoms. The number of esters is 4. The van der Waals surface area contributed by atoms with Gasteiger partial charge in [-0.15, -0.1) is 0 Å². The average molecular weight is 489 g/mol. The van der Waals surface area contributed by atoms with E-state index in [0.717, 1.165) is 0 Å². The molecule has 2 saturated heterocycles. The number of carbonyl (C=O) groups is 5. The quantitative estimate of drug-likeness (QED) is 0.334. The predicted molar refractivity (Wildman–Crippen MR) is 118 cm³/mol. The standard InChI is InChI=1S/C26H32O9/c1-11-15-9-16(32-12(2)27)20-25-17(24(5,6)8-7-18(25)33-13(3)28)10-19(35-23(25)31)26(20,21(11)30)22(15)34-14(4)29/h15-20,22H,1,7-10H2,2-6H3/t15-,16-,17+,18+,19-,20-,22?,25+,26?/m0/s1. The minimum Gasteiger partial charge on any atom is -0.462 e. The molecule has 9 nitrogen and oxygen atoms in total. The van der Waals surface area contributed by atoms with Gasteiger partial charge in [-0.3, -0.25) is 24.0 Å². The first kappa shape index (κ1) is 24.0. The van der Waals surface area contributed by atoms with E-state index in [1.807, 2.05) is 0 Å². The van der Waals surface area contributed by atoms with Gasteiger partial charge in [0.25, 0.3) is 0 Å². The largest absolute Gasteiger partial charge is 0.462 e. The lowest BCUT2D eigenvalue weighted by Crippen LogP contribution is -2.80. The van der Waals surface area contributed by atoms with Crippen molar-refractivity contribution in [3.8, 4) is 0 Å². The van der Waals surface area contributed by atoms with Crippen molar-refractivity contribution in [3.63, 3.8) is 0 Å². The summed E-state index contributed by atoms with van der Waals surface area (Å²) in [6.45, 7) is 12.0. The first-order valence-electron chi connectivity index (χ1n) is 12.3. The summed E-state index contributed by atoms with van der Waals surface area (Å²) in [6, 6.07) is 0. The van der Waals surface area contributed by atoms with E-state index in [0.29, 0.717) is 19.3 Å². The average Bonchev–Trinajstić information content (AvgIpc) is 2.86. The molecule has 6 fully saturated rings. The highest BCUT2D eigenvalue weighted by atomic mass is 16.6. The van der Waals surface area contributed by atoms with Crippen LogP contribution >= 0.6 is 0 Å². The molecule has 4 bridgehead atoms. The Morgan fingerprint density at radius 2 is 1.57 bits per heavy atom. The fraction of sp³-hybridized carbons (Fsp3) is 0.731. The molecule has 2 spiro atoms. The second-order valence-electron chi connectivity index (χ2n) is 11.5. The smallest absolute Gasteiger partial charge is 0.316 e. The molecule has 0 aromatic heterocycles. The summed E-state index contributed by atoms with van der Waals surface area (Å²) >= 11 is 0. The predicted octanol–water partition coefficient (Wildman–Crippen LogP) is 2.29. The van der Waals surface area contributed by atoms with Gasteiger partial charge in [0.1, 0.15) is 35.2 Å². The van der Waals surface area contributed by atoms with Crippen LogP contribution in [0.1, 0.15) is 60.3 Å². The van der Waals surface area contributed by atoms with Gasteiger partial charge in [-0.25, -0.2) is 0 Å². The van der Waals surface area contributed by atoms with E-state index in [4.69, 9.17) is 18.9 Å². The summed E-state index contributed by atoms with van der Waals surface area (Å²) in [5.41, 5.74) is -2.96. The summed E-state index contributed by atoms with van der Waals surface area (Å²) in [4.78, 5) is 64.8. The number of ketones is 1. The van der Waals surface area contributed by atoms with Gasteiger partial charge in [0, 0.05) is 32.6 Å². The number of rotatable bonds is 3. The van der Waals surface area contributed by atoms with Crippen molar-refractivity contribution in [2.24, 2.45) is 34.0 Å². The van der Waals surface area contributed by atoms with Gasteiger partial charge >= 0.3 is 23.9 Å². The van der Waals surface area contributed by atoms with Crippen molar-refractivity contribution in [2.75, 3.05) is 0 Å². The maximum Gasteiger partial charge on any atom is 0.316 e. The highest BCUT2D eigenvalue weighted by Gasteiger charge is 2.86. The molecule has 0 radical (unpaired) electrons. The molecule has 2 aliphatic heterocycles. The van der Waals surface area contributed by atoms with E-state index in [1.165, 1.54) is 20.8 Å². The molecule has 6 aliphatic rings. The van der Waals surface area contributed by atoms with E-state index in [1.54, 1.807) is 0 Å². The normalized spacial score (nSPS) is 44.6. The molecule has 0 N–H and O–H groups in total. The van der Waals surface area contributed by atoms with Crippen LogP contribution in [0.15, 0.2) is 12.2 Å². The van der Waals surface area contributed by atoms with Crippen LogP contribution in [-0.4, -0.2) is 54.1 Å². The van der Waals surface area contributed by atoms with Crippen LogP contribution in [0.5, 0.6) is 0 Å². The Morgan fingerprint density at radius 1 is 0.943 bits per heavy atom. The Hall–Kier alpha value is -2.71. The third-order valence-corrected chi connectivity index (χ3v) is 9.46. The van der Waals surface area contributed by atoms with E-state index in [-0.39, 0.29) is 29.1 Å². The Morgan fingerprint density at radius 3 is 2.17 bits per heavy atom. The van der Waals surface area contributed by atoms with Crippen molar-refractivity contribution >= 4 is 29.7 Å². The van der Waals surface area contributed by atoms with Crippen LogP contribution in [0.25, 0.3) is 0 Å². The molecule has 0 aromatic rings. The topological polar surface area (TPSA) is 122 Å². The van der Waals surface area contributed by atoms with E-state index in [2.05, 4.69) is 20.4 Å². The molecule has 6 rings (SSSR count). The second kappa shape index (κ2) is 7.40. The summed E-state index contributed by atoms with van der Waals surface area (Å²) in [5.74, 6) is -4.28. The van der Waals surface area contributed by atoms with E-state index in [9.17, 15) is 24.0 Å². The molecule has 9 atom stereocenters. The van der Waals surface area contributed by atoms with Crippen molar-refractivity contribution in [3.05, 3.63) is 12.2 Å². The second-order valence-corrected chi connectivity index (χ2v) is 11.5. The molecule has 4 saturated carbocycles. The third kappa shape index (κ3) is 2.84. The van der Waals surface area contributed by atoms with Crippen molar-refractivity contribution in [2.45, 2.75) is 84.7 Å². The van der Waals surface area contributed by atoms with Gasteiger partial charge in [0.05, 0.1) is 0 Å². The van der Waals surface area contributed by atoms with Gasteiger partial charge in [0.15, 0.2) is 5.78 Å². The van der Waals surface area contributed by atoms with E-state index < -0.39 is 71.0 Å². The third-order valence-electron chi connectivity index (χ3n) is 9.46. The fourth-order valence-electron chi connectivity index (χ4n) is 8.55. The van der Waals surface area contributed by atoms with Crippen LogP contribution in [0.3, 0.4) is 0 Å². The maximum absolute atomic E-state index is 14.1. The van der Waals surface area contributed by atoms with Gasteiger partial charge in [-0.2, -0.15) is 0 Å². The van der Waals surface area contributed by atoms with Crippen molar-refractivity contribution < 1.29 is 42.9 Å². The van der Waals surface area contributed by atoms with Crippen LogP contribution in [-0.2, 0) is 42.9 Å². The first-order valence-corrected chi connectivity index (χ1v) is 12.3. The Labute approximate surface area is 203 Å². The fourth-order valence-corrected chi connectivity index (χ4v) is 8.55. The molecule has 0 aromatic carbocycles. The van der Waals surface area contributed by atoms with Crippen molar-refractivity contribution in [1.82, 2.24) is 0 Å². The van der Waals surface area contributed by atoms with Gasteiger partial charge in [0.2, 0.25) is 0 Å². The molecule has 0 amide bonds. The number of ether oxygens (including phenoxy) is 4. The lowest BCUT2D eigenvalue weighted by molar-refractivity contribution is -0.318. The Bertz CT molecular complexity index is 1060. The van der Waals surface area contributed by atoms with Gasteiger partial charge < -0.3 is 18.9 Å². The highest BCUT2D eigenvalue weighted by Crippen LogP contribution is 2.75. The van der Waals surface area contributed by atoms with Crippen molar-refractivity contribution in [1.29, 1.82) is 0 Å². The number of hydrogen-bond donors (Lipinski definition) is 0. The lowest BCUT2D eigenvalue weighted by atomic mass is 9.36. The first-order chi connectivity index (χ1) is 16.3. The number of Topliss-reactive ketones (excluding diaryl/α,β-unsaturated/α-hetero) is 1. The summed E-state index contributed by atoms with van der Waals surface area (Å²) < 4.78 is 23.4. The number of carbonyl (C=O) groups excluding carboxylic acids is 5. The molecular weight excluding hydrogens is 456 g/mol. The van der Waals surface area contributed by atoms with Crippen LogP contribution < -0.4 is 0 Å². The monoisotopic (exact) mass is 488 g/mol. The highest BCUT2D eigenvalue weighted by molar-refractivity contribution is 6.06. The SMILES string of the molecule is C=C1C(=O)C23C(OC(C)=O)[C@H]1C[C@H](OC(C)=O)[C@H]2[C@@]12C(=O)O[C@H]3C[C@@H]1C(C)(C)CC[C@H]2OC(C)=O. The number of hydrogen-bond acceptors (Lipinski definition) is 9. The minimum atomic E-state index is -1.46. The number of fused-ring (bicyclic) bond motifs is 2. The summed E-state index contributed by atoms with van der Waals surface area (Å²) in [5, 5.41) is 0. The Balaban J connectivity index is 1.81. The molecule has 2 unspecified atom stereocenters. The van der Waals surface area contributed by atoms with Gasteiger partial charge in [-0.1, -0.05) is 20.4 Å². The molecule has 4 aliphatic carbocycles. The summed E-state index contributed by atoms with van der Waals surface area (Å²) in [7, 11) is 0. The molecule has 9 heteroatoms. The minimum absolute atomic E-state index is 0.177. The van der Waals surface area contributed by atoms with Crippen LogP contribution in [0.4, 0.5) is 0 Å². The van der Waals surface area contributed by atoms with Crippen LogP contribution in [0, 0.1) is 34.0 Å². The zero-order chi connectivity index (χ0) is 25.7. The molecule has 2 heterocycles. The zero-order valence-corrected chi connectivity index (χ0v) is 20.8. The van der Waals surface area contributed by atoms with Crippen LogP contribution in [0.2, 0.25) is 0 Å². The Kier molecular flexibility index (Phi) is 5.07. The van der Waals surface area contributed by atoms with Gasteiger partial charge in [-0.05, 0) is 42.6 Å². The molecule has 190 valence electrons. The molecular formula is C26H32O9. The van der Waals surface area contributed by atoms with E-state index >= 15 is 0 Å².